The minimum absolute atomic E-state index is 0.394. The Morgan fingerprint density at radius 1 is 1.90 bits per heavy atom. The summed E-state index contributed by atoms with van der Waals surface area (Å²) >= 11 is 1.26. The van der Waals surface area contributed by atoms with Crippen LogP contribution in [0, 0.1) is 0 Å². The molecule has 0 spiro atoms. The normalized spacial score (nSPS) is 8.50. The zero-order valence-electron chi connectivity index (χ0n) is 5.92. The number of carbonyl (C=O) groups is 1. The van der Waals surface area contributed by atoms with Crippen LogP contribution in [-0.2, 0) is 4.74 Å². The zero-order valence-corrected chi connectivity index (χ0v) is 6.74. The Morgan fingerprint density at radius 2 is 2.60 bits per heavy atom. The van der Waals surface area contributed by atoms with E-state index in [1.54, 1.807) is 13.0 Å². The van der Waals surface area contributed by atoms with Gasteiger partial charge in [0, 0.05) is 5.75 Å². The summed E-state index contributed by atoms with van der Waals surface area (Å²) < 4.78 is 7.05. The van der Waals surface area contributed by atoms with Crippen molar-refractivity contribution in [1.29, 1.82) is 0 Å². The first kappa shape index (κ1) is 9.36. The second-order valence-electron chi connectivity index (χ2n) is 1.42. The number of hydrogen-bond donors (Lipinski definition) is 1. The molecule has 0 fully saturated rings. The second-order valence-corrected chi connectivity index (χ2v) is 2.25. The van der Waals surface area contributed by atoms with Gasteiger partial charge in [0.25, 0.3) is 0 Å². The van der Waals surface area contributed by atoms with E-state index in [0.29, 0.717) is 12.4 Å². The fraction of sp³-hybridized carbons (Fsp3) is 0.500. The van der Waals surface area contributed by atoms with E-state index < -0.39 is 6.09 Å². The lowest BCUT2D eigenvalue weighted by molar-refractivity contribution is 0.159. The Balaban J connectivity index is 3.13. The molecule has 3 nitrogen and oxygen atoms in total. The van der Waals surface area contributed by atoms with Gasteiger partial charge in [-0.15, -0.1) is 6.58 Å². The summed E-state index contributed by atoms with van der Waals surface area (Å²) in [6, 6.07) is 0. The molecule has 10 heavy (non-hydrogen) atoms. The SMILES string of the molecule is C=CCSNC(=O)OCC. The van der Waals surface area contributed by atoms with Crippen molar-refractivity contribution >= 4 is 18.0 Å². The van der Waals surface area contributed by atoms with E-state index in [0.717, 1.165) is 0 Å². The van der Waals surface area contributed by atoms with Gasteiger partial charge in [0.2, 0.25) is 0 Å². The molecule has 0 rings (SSSR count). The average molecular weight is 161 g/mol. The first-order valence-corrected chi connectivity index (χ1v) is 3.95. The van der Waals surface area contributed by atoms with Gasteiger partial charge in [0.05, 0.1) is 6.61 Å². The number of rotatable bonds is 4. The molecular weight excluding hydrogens is 150 g/mol. The van der Waals surface area contributed by atoms with Gasteiger partial charge in [0.15, 0.2) is 0 Å². The molecule has 58 valence electrons. The second kappa shape index (κ2) is 6.48. The van der Waals surface area contributed by atoms with E-state index in [9.17, 15) is 4.79 Å². The molecule has 0 aliphatic carbocycles. The third-order valence-corrected chi connectivity index (χ3v) is 1.35. The molecule has 0 radical (unpaired) electrons. The largest absolute Gasteiger partial charge is 0.449 e. The maximum atomic E-state index is 10.5. The van der Waals surface area contributed by atoms with Crippen molar-refractivity contribution in [2.75, 3.05) is 12.4 Å². The number of carbonyl (C=O) groups excluding carboxylic acids is 1. The Hall–Kier alpha value is -0.640. The minimum atomic E-state index is -0.394. The summed E-state index contributed by atoms with van der Waals surface area (Å²) in [7, 11) is 0. The molecule has 0 atom stereocenters. The van der Waals surface area contributed by atoms with Crippen LogP contribution in [0.2, 0.25) is 0 Å². The number of amides is 1. The molecule has 4 heteroatoms. The summed E-state index contributed by atoms with van der Waals surface area (Å²) in [5.74, 6) is 0.693. The van der Waals surface area contributed by atoms with Gasteiger partial charge in [-0.2, -0.15) is 0 Å². The van der Waals surface area contributed by atoms with Crippen LogP contribution in [0.3, 0.4) is 0 Å². The van der Waals surface area contributed by atoms with Crippen LogP contribution in [0.25, 0.3) is 0 Å². The molecule has 1 amide bonds. The lowest BCUT2D eigenvalue weighted by atomic mass is 10.8. The molecule has 0 aromatic heterocycles. The molecule has 0 bridgehead atoms. The molecule has 0 saturated heterocycles. The summed E-state index contributed by atoms with van der Waals surface area (Å²) in [5.41, 5.74) is 0. The Bertz CT molecular complexity index is 116. The molecule has 0 aromatic carbocycles. The lowest BCUT2D eigenvalue weighted by Gasteiger charge is -2.00. The van der Waals surface area contributed by atoms with Crippen molar-refractivity contribution in [3.05, 3.63) is 12.7 Å². The molecule has 0 aromatic rings. The average Bonchev–Trinajstić information content (AvgIpc) is 1.89. The van der Waals surface area contributed by atoms with Crippen LogP contribution in [0.4, 0.5) is 4.79 Å². The molecule has 0 unspecified atom stereocenters. The van der Waals surface area contributed by atoms with E-state index >= 15 is 0 Å². The number of ether oxygens (including phenoxy) is 1. The van der Waals surface area contributed by atoms with E-state index in [4.69, 9.17) is 0 Å². The molecule has 1 N–H and O–H groups in total. The van der Waals surface area contributed by atoms with Crippen molar-refractivity contribution in [2.45, 2.75) is 6.92 Å². The highest BCUT2D eigenvalue weighted by Crippen LogP contribution is 1.92. The lowest BCUT2D eigenvalue weighted by Crippen LogP contribution is -2.17. The van der Waals surface area contributed by atoms with Crippen LogP contribution in [0.5, 0.6) is 0 Å². The van der Waals surface area contributed by atoms with Gasteiger partial charge in [-0.1, -0.05) is 6.08 Å². The summed E-state index contributed by atoms with van der Waals surface area (Å²) in [6.45, 7) is 5.66. The van der Waals surface area contributed by atoms with Crippen LogP contribution >= 0.6 is 11.9 Å². The predicted octanol–water partition coefficient (Wildman–Crippen LogP) is 1.57. The molecule has 0 aliphatic rings. The first-order valence-electron chi connectivity index (χ1n) is 2.96. The van der Waals surface area contributed by atoms with E-state index in [2.05, 4.69) is 16.0 Å². The van der Waals surface area contributed by atoms with Gasteiger partial charge in [-0.25, -0.2) is 4.79 Å². The van der Waals surface area contributed by atoms with Gasteiger partial charge in [-0.3, -0.25) is 4.72 Å². The number of nitrogens with one attached hydrogen (secondary N) is 1. The smallest absolute Gasteiger partial charge is 0.417 e. The van der Waals surface area contributed by atoms with E-state index in [1.807, 2.05) is 0 Å². The Kier molecular flexibility index (Phi) is 6.06. The van der Waals surface area contributed by atoms with Crippen molar-refractivity contribution in [1.82, 2.24) is 4.72 Å². The molecular formula is C6H11NO2S. The van der Waals surface area contributed by atoms with E-state index in [1.165, 1.54) is 11.9 Å². The number of hydrogen-bond acceptors (Lipinski definition) is 3. The highest BCUT2D eigenvalue weighted by Gasteiger charge is 1.96. The van der Waals surface area contributed by atoms with Crippen LogP contribution in [0.1, 0.15) is 6.92 Å². The van der Waals surface area contributed by atoms with Crippen molar-refractivity contribution < 1.29 is 9.53 Å². The summed E-state index contributed by atoms with van der Waals surface area (Å²) in [6.07, 6.45) is 1.31. The van der Waals surface area contributed by atoms with Crippen molar-refractivity contribution in [2.24, 2.45) is 0 Å². The van der Waals surface area contributed by atoms with Gasteiger partial charge in [-0.05, 0) is 18.9 Å². The minimum Gasteiger partial charge on any atom is -0.449 e. The van der Waals surface area contributed by atoms with Crippen LogP contribution in [-0.4, -0.2) is 18.5 Å². The first-order chi connectivity index (χ1) is 4.81. The van der Waals surface area contributed by atoms with Gasteiger partial charge >= 0.3 is 6.09 Å². The highest BCUT2D eigenvalue weighted by molar-refractivity contribution is 7.98. The monoisotopic (exact) mass is 161 g/mol. The Labute approximate surface area is 65.0 Å². The quantitative estimate of drug-likeness (QED) is 0.386. The third kappa shape index (κ3) is 5.50. The fourth-order valence-electron chi connectivity index (χ4n) is 0.320. The maximum Gasteiger partial charge on any atom is 0.417 e. The van der Waals surface area contributed by atoms with Gasteiger partial charge in [0.1, 0.15) is 0 Å². The van der Waals surface area contributed by atoms with E-state index in [-0.39, 0.29) is 0 Å². The molecule has 0 saturated carbocycles. The van der Waals surface area contributed by atoms with Crippen molar-refractivity contribution in [3.63, 3.8) is 0 Å². The third-order valence-electron chi connectivity index (χ3n) is 0.632. The predicted molar refractivity (Wildman–Crippen MR) is 42.8 cm³/mol. The maximum absolute atomic E-state index is 10.5. The molecule has 0 aliphatic heterocycles. The topological polar surface area (TPSA) is 38.3 Å². The van der Waals surface area contributed by atoms with Crippen LogP contribution in [0.15, 0.2) is 12.7 Å². The zero-order chi connectivity index (χ0) is 7.82. The van der Waals surface area contributed by atoms with Crippen LogP contribution < -0.4 is 4.72 Å². The molecule has 0 heterocycles. The Morgan fingerprint density at radius 3 is 3.10 bits per heavy atom. The standard InChI is InChI=1S/C6H11NO2S/c1-3-5-10-7-6(8)9-4-2/h3H,1,4-5H2,2H3,(H,7,8). The van der Waals surface area contributed by atoms with Gasteiger partial charge < -0.3 is 4.74 Å². The fourth-order valence-corrected chi connectivity index (χ4v) is 0.698. The highest BCUT2D eigenvalue weighted by atomic mass is 32.2. The summed E-state index contributed by atoms with van der Waals surface area (Å²) in [5, 5.41) is 0. The summed E-state index contributed by atoms with van der Waals surface area (Å²) in [4.78, 5) is 10.5. The van der Waals surface area contributed by atoms with Crippen molar-refractivity contribution in [3.8, 4) is 0 Å².